The molecule has 4 aliphatic carbocycles. The van der Waals surface area contributed by atoms with Crippen molar-refractivity contribution in [1.82, 2.24) is 0 Å². The number of esters is 1. The summed E-state index contributed by atoms with van der Waals surface area (Å²) in [5.74, 6) is 1.86. The van der Waals surface area contributed by atoms with Gasteiger partial charge in [0, 0.05) is 24.8 Å². The summed E-state index contributed by atoms with van der Waals surface area (Å²) in [6, 6.07) is 0. The van der Waals surface area contributed by atoms with Crippen LogP contribution in [0.15, 0.2) is 30.0 Å². The third kappa shape index (κ3) is 2.55. The molecule has 0 radical (unpaired) electrons. The number of carbonyl (C=O) groups excluding carboxylic acids is 2. The second-order valence-electron chi connectivity index (χ2n) is 9.91. The number of fused-ring (bicyclic) bond motifs is 5. The van der Waals surface area contributed by atoms with Gasteiger partial charge in [-0.05, 0) is 80.6 Å². The fraction of sp³-hybridized carbons (Fsp3) is 0.720. The monoisotopic (exact) mass is 382 g/mol. The molecule has 0 saturated heterocycles. The maximum atomic E-state index is 12.0. The number of hydrogen-bond acceptors (Lipinski definition) is 3. The number of ether oxygens (including phenoxy) is 1. The first-order valence-electron chi connectivity index (χ1n) is 11.1. The summed E-state index contributed by atoms with van der Waals surface area (Å²) in [5, 5.41) is 0. The van der Waals surface area contributed by atoms with Crippen LogP contribution in [-0.2, 0) is 14.3 Å². The van der Waals surface area contributed by atoms with Gasteiger partial charge in [-0.3, -0.25) is 9.59 Å². The Labute approximate surface area is 169 Å². The Morgan fingerprint density at radius 2 is 2.04 bits per heavy atom. The molecule has 152 valence electrons. The quantitative estimate of drug-likeness (QED) is 0.475. The van der Waals surface area contributed by atoms with Crippen molar-refractivity contribution in [1.29, 1.82) is 0 Å². The van der Waals surface area contributed by atoms with Crippen molar-refractivity contribution in [2.45, 2.75) is 84.2 Å². The normalized spacial score (nSPS) is 44.5. The zero-order valence-electron chi connectivity index (χ0n) is 17.7. The molecule has 0 aromatic heterocycles. The molecule has 0 aliphatic heterocycles. The van der Waals surface area contributed by atoms with E-state index in [1.165, 1.54) is 12.5 Å². The average molecular weight is 383 g/mol. The molecule has 1 unspecified atom stereocenters. The van der Waals surface area contributed by atoms with E-state index in [-0.39, 0.29) is 16.8 Å². The first kappa shape index (κ1) is 19.7. The van der Waals surface area contributed by atoms with Gasteiger partial charge in [0.2, 0.25) is 0 Å². The highest BCUT2D eigenvalue weighted by Gasteiger charge is 2.67. The van der Waals surface area contributed by atoms with E-state index in [1.807, 2.05) is 12.2 Å². The number of hydrogen-bond donors (Lipinski definition) is 0. The maximum Gasteiger partial charge on any atom is 0.303 e. The number of ketones is 1. The van der Waals surface area contributed by atoms with Crippen LogP contribution in [0.25, 0.3) is 0 Å². The molecule has 28 heavy (non-hydrogen) atoms. The van der Waals surface area contributed by atoms with Gasteiger partial charge < -0.3 is 4.74 Å². The van der Waals surface area contributed by atoms with E-state index in [2.05, 4.69) is 26.2 Å². The highest BCUT2D eigenvalue weighted by molar-refractivity contribution is 5.91. The Morgan fingerprint density at radius 3 is 2.71 bits per heavy atom. The summed E-state index contributed by atoms with van der Waals surface area (Å²) >= 11 is 0. The first-order valence-corrected chi connectivity index (χ1v) is 11.1. The molecule has 3 heteroatoms. The summed E-state index contributed by atoms with van der Waals surface area (Å²) in [7, 11) is 0. The number of rotatable bonds is 3. The standard InChI is InChI=1S/C25H34O3/c1-5-12-25(28-17(3)26)13-11-22-21-9-7-18-16-19(27)8-10-20(18)23(21,4)14-15-24(22,25)6-2/h12,16,20-22H,1,6-11,13-15H2,2-4H3/t20-,21-,22-,23+,24?,25-/m0/s1. The topological polar surface area (TPSA) is 43.4 Å². The Kier molecular flexibility index (Phi) is 4.74. The van der Waals surface area contributed by atoms with Crippen LogP contribution in [0.1, 0.15) is 78.6 Å². The highest BCUT2D eigenvalue weighted by atomic mass is 16.6. The van der Waals surface area contributed by atoms with Crippen LogP contribution in [0.2, 0.25) is 0 Å². The van der Waals surface area contributed by atoms with E-state index in [0.717, 1.165) is 51.4 Å². The number of carbonyl (C=O) groups is 2. The van der Waals surface area contributed by atoms with Crippen molar-refractivity contribution in [2.24, 2.45) is 28.6 Å². The summed E-state index contributed by atoms with van der Waals surface area (Å²) < 4.78 is 6.08. The summed E-state index contributed by atoms with van der Waals surface area (Å²) in [6.45, 7) is 10.1. The number of allylic oxidation sites excluding steroid dienone is 1. The van der Waals surface area contributed by atoms with Crippen molar-refractivity contribution in [2.75, 3.05) is 0 Å². The van der Waals surface area contributed by atoms with Crippen molar-refractivity contribution in [3.8, 4) is 0 Å². The molecule has 3 fully saturated rings. The highest BCUT2D eigenvalue weighted by Crippen LogP contribution is 2.71. The van der Waals surface area contributed by atoms with Gasteiger partial charge >= 0.3 is 5.97 Å². The Hall–Kier alpha value is -1.60. The molecule has 3 saturated carbocycles. The lowest BCUT2D eigenvalue weighted by molar-refractivity contribution is -0.178. The van der Waals surface area contributed by atoms with Gasteiger partial charge in [0.05, 0.1) is 0 Å². The molecule has 0 spiro atoms. The predicted octanol–water partition coefficient (Wildman–Crippen LogP) is 5.55. The van der Waals surface area contributed by atoms with Crippen molar-refractivity contribution in [3.05, 3.63) is 30.0 Å². The van der Waals surface area contributed by atoms with E-state index in [9.17, 15) is 9.59 Å². The van der Waals surface area contributed by atoms with Gasteiger partial charge in [-0.2, -0.15) is 0 Å². The van der Waals surface area contributed by atoms with Crippen molar-refractivity contribution in [3.63, 3.8) is 0 Å². The van der Waals surface area contributed by atoms with Gasteiger partial charge in [0.25, 0.3) is 0 Å². The van der Waals surface area contributed by atoms with Gasteiger partial charge in [-0.25, -0.2) is 0 Å². The lowest BCUT2D eigenvalue weighted by Gasteiger charge is -2.61. The summed E-state index contributed by atoms with van der Waals surface area (Å²) in [6.07, 6.45) is 13.1. The minimum absolute atomic E-state index is 0.0146. The van der Waals surface area contributed by atoms with Crippen LogP contribution in [0.5, 0.6) is 0 Å². The minimum atomic E-state index is -0.556. The lowest BCUT2D eigenvalue weighted by Crippen LogP contribution is -2.58. The van der Waals surface area contributed by atoms with Crippen LogP contribution in [0.4, 0.5) is 0 Å². The summed E-state index contributed by atoms with van der Waals surface area (Å²) in [5.41, 5.74) is 4.08. The molecule has 0 N–H and O–H groups in total. The molecule has 0 heterocycles. The molecule has 6 atom stereocenters. The van der Waals surface area contributed by atoms with Crippen molar-refractivity contribution < 1.29 is 14.3 Å². The Balaban J connectivity index is 1.75. The van der Waals surface area contributed by atoms with Crippen LogP contribution < -0.4 is 0 Å². The Morgan fingerprint density at radius 1 is 1.25 bits per heavy atom. The molecular weight excluding hydrogens is 348 g/mol. The second-order valence-corrected chi connectivity index (χ2v) is 9.91. The molecule has 4 rings (SSSR count). The molecule has 0 aromatic rings. The lowest BCUT2D eigenvalue weighted by atomic mass is 9.43. The first-order chi connectivity index (χ1) is 13.3. The van der Waals surface area contributed by atoms with Crippen LogP contribution in [0, 0.1) is 28.6 Å². The van der Waals surface area contributed by atoms with Crippen molar-refractivity contribution >= 4 is 11.8 Å². The molecule has 0 bridgehead atoms. The minimum Gasteiger partial charge on any atom is -0.454 e. The van der Waals surface area contributed by atoms with E-state index in [4.69, 9.17) is 4.74 Å². The molecule has 4 aliphatic rings. The Bertz CT molecular complexity index is 773. The SMILES string of the molecule is C=C=C[C@]1(OC(C)=O)CC[C@H]2[C@@H]3CCC4=CC(=O)CC[C@@H]4[C@@]3(C)CCC21CC. The largest absolute Gasteiger partial charge is 0.454 e. The van der Waals surface area contributed by atoms with Gasteiger partial charge in [0.15, 0.2) is 5.78 Å². The molecule has 0 amide bonds. The molecule has 0 aromatic carbocycles. The van der Waals surface area contributed by atoms with Gasteiger partial charge in [0.1, 0.15) is 5.60 Å². The zero-order chi connectivity index (χ0) is 20.2. The van der Waals surface area contributed by atoms with E-state index >= 15 is 0 Å². The van der Waals surface area contributed by atoms with Gasteiger partial charge in [-0.15, -0.1) is 5.73 Å². The summed E-state index contributed by atoms with van der Waals surface area (Å²) in [4.78, 5) is 24.0. The predicted molar refractivity (Wildman–Crippen MR) is 110 cm³/mol. The zero-order valence-corrected chi connectivity index (χ0v) is 17.7. The smallest absolute Gasteiger partial charge is 0.303 e. The van der Waals surface area contributed by atoms with Crippen LogP contribution in [0.3, 0.4) is 0 Å². The third-order valence-electron chi connectivity index (χ3n) is 9.13. The third-order valence-corrected chi connectivity index (χ3v) is 9.13. The maximum absolute atomic E-state index is 12.0. The fourth-order valence-corrected chi connectivity index (χ4v) is 8.02. The molecular formula is C25H34O3. The second kappa shape index (κ2) is 6.73. The fourth-order valence-electron chi connectivity index (χ4n) is 8.02. The van der Waals surface area contributed by atoms with E-state index < -0.39 is 5.60 Å². The van der Waals surface area contributed by atoms with E-state index in [0.29, 0.717) is 30.0 Å². The molecule has 3 nitrogen and oxygen atoms in total. The van der Waals surface area contributed by atoms with E-state index in [1.54, 1.807) is 0 Å². The van der Waals surface area contributed by atoms with Crippen LogP contribution >= 0.6 is 0 Å². The van der Waals surface area contributed by atoms with Gasteiger partial charge in [-0.1, -0.05) is 26.0 Å². The van der Waals surface area contributed by atoms with Crippen LogP contribution in [-0.4, -0.2) is 17.4 Å². The average Bonchev–Trinajstić information content (AvgIpc) is 2.95.